The van der Waals surface area contributed by atoms with Gasteiger partial charge in [-0.3, -0.25) is 0 Å². The number of hydrogen-bond acceptors (Lipinski definition) is 3. The van der Waals surface area contributed by atoms with Gasteiger partial charge in [-0.2, -0.15) is 0 Å². The van der Waals surface area contributed by atoms with Crippen molar-refractivity contribution in [3.8, 4) is 0 Å². The standard InChI is InChI=1S/C14H17N5/c1-10-3-4-13-12(7-10)17-14(15)19(13)11(2)8-18-6-5-16-9-18/h3-7,9,11H,8H2,1-2H3,(H2,15,17). The van der Waals surface area contributed by atoms with Crippen LogP contribution >= 0.6 is 0 Å². The summed E-state index contributed by atoms with van der Waals surface area (Å²) in [5, 5.41) is 0. The normalized spacial score (nSPS) is 12.9. The third-order valence-electron chi connectivity index (χ3n) is 3.35. The highest BCUT2D eigenvalue weighted by Gasteiger charge is 2.14. The van der Waals surface area contributed by atoms with Gasteiger partial charge in [-0.1, -0.05) is 6.07 Å². The van der Waals surface area contributed by atoms with Crippen molar-refractivity contribution < 1.29 is 0 Å². The van der Waals surface area contributed by atoms with Gasteiger partial charge in [0.2, 0.25) is 5.95 Å². The van der Waals surface area contributed by atoms with Crippen LogP contribution in [0.2, 0.25) is 0 Å². The van der Waals surface area contributed by atoms with Crippen molar-refractivity contribution in [2.24, 2.45) is 0 Å². The number of fused-ring (bicyclic) bond motifs is 1. The summed E-state index contributed by atoms with van der Waals surface area (Å²) >= 11 is 0. The molecule has 0 aliphatic heterocycles. The maximum absolute atomic E-state index is 6.06. The number of nitrogen functional groups attached to an aromatic ring is 1. The number of aromatic nitrogens is 4. The van der Waals surface area contributed by atoms with E-state index in [1.807, 2.05) is 17.1 Å². The highest BCUT2D eigenvalue weighted by atomic mass is 15.2. The van der Waals surface area contributed by atoms with E-state index in [9.17, 15) is 0 Å². The van der Waals surface area contributed by atoms with Gasteiger partial charge >= 0.3 is 0 Å². The van der Waals surface area contributed by atoms with E-state index in [1.165, 1.54) is 5.56 Å². The molecule has 0 fully saturated rings. The van der Waals surface area contributed by atoms with E-state index >= 15 is 0 Å². The average molecular weight is 255 g/mol. The number of benzene rings is 1. The van der Waals surface area contributed by atoms with Crippen LogP contribution in [0.15, 0.2) is 36.9 Å². The molecule has 0 radical (unpaired) electrons. The summed E-state index contributed by atoms with van der Waals surface area (Å²) in [6, 6.07) is 6.45. The van der Waals surface area contributed by atoms with E-state index in [-0.39, 0.29) is 6.04 Å². The maximum Gasteiger partial charge on any atom is 0.201 e. The van der Waals surface area contributed by atoms with Crippen LogP contribution in [0.3, 0.4) is 0 Å². The minimum absolute atomic E-state index is 0.224. The monoisotopic (exact) mass is 255 g/mol. The second-order valence-corrected chi connectivity index (χ2v) is 4.94. The average Bonchev–Trinajstić information content (AvgIpc) is 2.95. The molecule has 1 aromatic carbocycles. The van der Waals surface area contributed by atoms with E-state index in [2.05, 4.69) is 46.6 Å². The molecule has 5 nitrogen and oxygen atoms in total. The minimum atomic E-state index is 0.224. The molecule has 0 spiro atoms. The van der Waals surface area contributed by atoms with Crippen LogP contribution in [0.25, 0.3) is 11.0 Å². The number of imidazole rings is 2. The largest absolute Gasteiger partial charge is 0.369 e. The molecule has 3 aromatic rings. The Bertz CT molecular complexity index is 696. The third kappa shape index (κ3) is 2.07. The molecule has 98 valence electrons. The first-order chi connectivity index (χ1) is 9.15. The molecular formula is C14H17N5. The lowest BCUT2D eigenvalue weighted by atomic mass is 10.2. The highest BCUT2D eigenvalue weighted by Crippen LogP contribution is 2.24. The summed E-state index contributed by atoms with van der Waals surface area (Å²) < 4.78 is 4.12. The van der Waals surface area contributed by atoms with Crippen molar-refractivity contribution >= 4 is 17.0 Å². The molecule has 0 amide bonds. The van der Waals surface area contributed by atoms with E-state index < -0.39 is 0 Å². The summed E-state index contributed by atoms with van der Waals surface area (Å²) in [5.74, 6) is 0.563. The van der Waals surface area contributed by atoms with E-state index in [0.717, 1.165) is 17.6 Å². The van der Waals surface area contributed by atoms with Crippen LogP contribution in [0.4, 0.5) is 5.95 Å². The van der Waals surface area contributed by atoms with Crippen LogP contribution in [0, 0.1) is 6.92 Å². The number of rotatable bonds is 3. The van der Waals surface area contributed by atoms with Crippen molar-refractivity contribution in [2.75, 3.05) is 5.73 Å². The molecule has 5 heteroatoms. The fourth-order valence-electron chi connectivity index (χ4n) is 2.47. The van der Waals surface area contributed by atoms with Gasteiger partial charge in [-0.15, -0.1) is 0 Å². The molecule has 1 unspecified atom stereocenters. The molecule has 2 aromatic heterocycles. The second kappa shape index (κ2) is 4.42. The Balaban J connectivity index is 2.01. The zero-order valence-electron chi connectivity index (χ0n) is 11.1. The highest BCUT2D eigenvalue weighted by molar-refractivity contribution is 5.79. The number of nitrogens with zero attached hydrogens (tertiary/aromatic N) is 4. The lowest BCUT2D eigenvalue weighted by Crippen LogP contribution is -2.14. The van der Waals surface area contributed by atoms with Crippen molar-refractivity contribution in [1.82, 2.24) is 19.1 Å². The Morgan fingerprint density at radius 3 is 2.95 bits per heavy atom. The molecule has 0 aliphatic carbocycles. The lowest BCUT2D eigenvalue weighted by Gasteiger charge is -2.16. The molecule has 2 N–H and O–H groups in total. The summed E-state index contributed by atoms with van der Waals surface area (Å²) in [4.78, 5) is 8.50. The topological polar surface area (TPSA) is 61.7 Å². The number of nitrogens with two attached hydrogens (primary N) is 1. The molecule has 1 atom stereocenters. The predicted octanol–water partition coefficient (Wildman–Crippen LogP) is 2.38. The summed E-state index contributed by atoms with van der Waals surface area (Å²) in [7, 11) is 0. The molecule has 2 heterocycles. The van der Waals surface area contributed by atoms with Gasteiger partial charge in [0, 0.05) is 18.9 Å². The second-order valence-electron chi connectivity index (χ2n) is 4.94. The number of aryl methyl sites for hydroxylation is 1. The van der Waals surface area contributed by atoms with Crippen molar-refractivity contribution in [3.05, 3.63) is 42.5 Å². The molecule has 0 saturated carbocycles. The Morgan fingerprint density at radius 1 is 1.37 bits per heavy atom. The van der Waals surface area contributed by atoms with Crippen LogP contribution in [0.1, 0.15) is 18.5 Å². The van der Waals surface area contributed by atoms with Gasteiger partial charge in [0.25, 0.3) is 0 Å². The Kier molecular flexibility index (Phi) is 2.74. The first-order valence-corrected chi connectivity index (χ1v) is 6.35. The van der Waals surface area contributed by atoms with Gasteiger partial charge in [-0.05, 0) is 31.5 Å². The lowest BCUT2D eigenvalue weighted by molar-refractivity contribution is 0.479. The van der Waals surface area contributed by atoms with Crippen LogP contribution in [0.5, 0.6) is 0 Å². The Hall–Kier alpha value is -2.30. The first-order valence-electron chi connectivity index (χ1n) is 6.35. The molecule has 0 aliphatic rings. The fourth-order valence-corrected chi connectivity index (χ4v) is 2.47. The van der Waals surface area contributed by atoms with Gasteiger partial charge < -0.3 is 14.9 Å². The molecule has 19 heavy (non-hydrogen) atoms. The van der Waals surface area contributed by atoms with Gasteiger partial charge in [0.05, 0.1) is 23.4 Å². The number of hydrogen-bond donors (Lipinski definition) is 1. The Labute approximate surface area is 111 Å². The summed E-state index contributed by atoms with van der Waals surface area (Å²) in [6.45, 7) is 5.02. The van der Waals surface area contributed by atoms with Gasteiger partial charge in [0.15, 0.2) is 0 Å². The van der Waals surface area contributed by atoms with Crippen molar-refractivity contribution in [3.63, 3.8) is 0 Å². The molecule has 0 bridgehead atoms. The summed E-state index contributed by atoms with van der Waals surface area (Å²) in [5.41, 5.74) is 9.29. The van der Waals surface area contributed by atoms with Gasteiger partial charge in [-0.25, -0.2) is 9.97 Å². The third-order valence-corrected chi connectivity index (χ3v) is 3.35. The molecule has 3 rings (SSSR count). The first kappa shape index (κ1) is 11.8. The smallest absolute Gasteiger partial charge is 0.201 e. The van der Waals surface area contributed by atoms with E-state index in [0.29, 0.717) is 5.95 Å². The quantitative estimate of drug-likeness (QED) is 0.781. The summed E-state index contributed by atoms with van der Waals surface area (Å²) in [6.07, 6.45) is 5.55. The fraction of sp³-hybridized carbons (Fsp3) is 0.286. The predicted molar refractivity (Wildman–Crippen MR) is 75.8 cm³/mol. The van der Waals surface area contributed by atoms with Crippen LogP contribution in [-0.2, 0) is 6.54 Å². The zero-order valence-corrected chi connectivity index (χ0v) is 11.1. The van der Waals surface area contributed by atoms with E-state index in [1.54, 1.807) is 6.20 Å². The molecule has 0 saturated heterocycles. The SMILES string of the molecule is Cc1ccc2c(c1)nc(N)n2C(C)Cn1ccnc1. The zero-order chi connectivity index (χ0) is 13.4. The molecular weight excluding hydrogens is 238 g/mol. The van der Waals surface area contributed by atoms with Crippen LogP contribution < -0.4 is 5.73 Å². The number of anilines is 1. The minimum Gasteiger partial charge on any atom is -0.369 e. The van der Waals surface area contributed by atoms with Gasteiger partial charge in [0.1, 0.15) is 0 Å². The van der Waals surface area contributed by atoms with E-state index in [4.69, 9.17) is 5.73 Å². The van der Waals surface area contributed by atoms with Crippen molar-refractivity contribution in [2.45, 2.75) is 26.4 Å². The Morgan fingerprint density at radius 2 is 2.21 bits per heavy atom. The van der Waals surface area contributed by atoms with Crippen LogP contribution in [-0.4, -0.2) is 19.1 Å². The maximum atomic E-state index is 6.06. The van der Waals surface area contributed by atoms with Crippen molar-refractivity contribution in [1.29, 1.82) is 0 Å².